The van der Waals surface area contributed by atoms with Gasteiger partial charge in [-0.3, -0.25) is 4.79 Å². The van der Waals surface area contributed by atoms with Gasteiger partial charge in [-0.1, -0.05) is 18.2 Å². The maximum Gasteiger partial charge on any atom is 0.214 e. The normalized spacial score (nSPS) is 11.3. The van der Waals surface area contributed by atoms with E-state index in [1.54, 1.807) is 10.7 Å². The molecule has 0 unspecified atom stereocenters. The summed E-state index contributed by atoms with van der Waals surface area (Å²) in [6, 6.07) is 22.7. The van der Waals surface area contributed by atoms with Crippen molar-refractivity contribution >= 4 is 33.5 Å². The lowest BCUT2D eigenvalue weighted by molar-refractivity contribution is 0.103. The topological polar surface area (TPSA) is 115 Å². The number of aromatic amines is 2. The summed E-state index contributed by atoms with van der Waals surface area (Å²) in [6.07, 6.45) is 1.50. The summed E-state index contributed by atoms with van der Waals surface area (Å²) in [4.78, 5) is 24.1. The fraction of sp³-hybridized carbons (Fsp3) is 0.0385. The lowest BCUT2D eigenvalue weighted by atomic mass is 10.1. The summed E-state index contributed by atoms with van der Waals surface area (Å²) in [5.74, 6) is 2.30. The Labute approximate surface area is 194 Å². The van der Waals surface area contributed by atoms with Crippen molar-refractivity contribution in [2.24, 2.45) is 0 Å². The van der Waals surface area contributed by atoms with Crippen LogP contribution in [0, 0.1) is 6.92 Å². The highest BCUT2D eigenvalue weighted by atomic mass is 16.5. The van der Waals surface area contributed by atoms with Gasteiger partial charge in [0.25, 0.3) is 0 Å². The lowest BCUT2D eigenvalue weighted by Crippen LogP contribution is -2.07. The Morgan fingerprint density at radius 3 is 2.65 bits per heavy atom. The van der Waals surface area contributed by atoms with Crippen LogP contribution in [0.2, 0.25) is 0 Å². The fourth-order valence-corrected chi connectivity index (χ4v) is 4.06. The highest BCUT2D eigenvalue weighted by Crippen LogP contribution is 2.28. The average Bonchev–Trinajstić information content (AvgIpc) is 3.54. The SMILES string of the molecule is Cc1nc2ccc(-n3ncc(C(=O)c4cc5cc(Oc6ccccc6)ccc5[nH]4)c3N)cc2[nH]1. The minimum atomic E-state index is -0.232. The molecule has 0 atom stereocenters. The molecule has 0 bridgehead atoms. The third kappa shape index (κ3) is 3.38. The third-order valence-corrected chi connectivity index (χ3v) is 5.70. The summed E-state index contributed by atoms with van der Waals surface area (Å²) in [5, 5.41) is 5.23. The molecule has 0 fully saturated rings. The van der Waals surface area contributed by atoms with Crippen LogP contribution < -0.4 is 10.5 Å². The third-order valence-electron chi connectivity index (χ3n) is 5.70. The van der Waals surface area contributed by atoms with Crippen molar-refractivity contribution in [3.63, 3.8) is 0 Å². The van der Waals surface area contributed by atoms with E-state index in [-0.39, 0.29) is 11.6 Å². The minimum Gasteiger partial charge on any atom is -0.457 e. The van der Waals surface area contributed by atoms with Crippen molar-refractivity contribution in [1.82, 2.24) is 24.7 Å². The highest BCUT2D eigenvalue weighted by molar-refractivity contribution is 6.12. The molecule has 6 rings (SSSR count). The Morgan fingerprint density at radius 2 is 1.79 bits per heavy atom. The zero-order chi connectivity index (χ0) is 23.2. The number of nitrogen functional groups attached to an aromatic ring is 1. The number of hydrogen-bond acceptors (Lipinski definition) is 5. The summed E-state index contributed by atoms with van der Waals surface area (Å²) in [7, 11) is 0. The number of anilines is 1. The average molecular weight is 448 g/mol. The predicted molar refractivity (Wildman–Crippen MR) is 131 cm³/mol. The molecule has 0 radical (unpaired) electrons. The molecule has 3 heterocycles. The number of hydrogen-bond donors (Lipinski definition) is 3. The van der Waals surface area contributed by atoms with Crippen LogP contribution in [-0.4, -0.2) is 30.5 Å². The second kappa shape index (κ2) is 7.63. The number of benzene rings is 3. The highest BCUT2D eigenvalue weighted by Gasteiger charge is 2.20. The number of rotatable bonds is 5. The van der Waals surface area contributed by atoms with Gasteiger partial charge in [0, 0.05) is 10.9 Å². The Balaban J connectivity index is 1.31. The van der Waals surface area contributed by atoms with Crippen molar-refractivity contribution in [3.8, 4) is 17.2 Å². The summed E-state index contributed by atoms with van der Waals surface area (Å²) < 4.78 is 7.46. The van der Waals surface area contributed by atoms with E-state index < -0.39 is 0 Å². The van der Waals surface area contributed by atoms with Gasteiger partial charge >= 0.3 is 0 Å². The molecule has 0 aliphatic rings. The van der Waals surface area contributed by atoms with Crippen LogP contribution in [0.25, 0.3) is 27.6 Å². The van der Waals surface area contributed by atoms with Gasteiger partial charge in [-0.05, 0) is 61.5 Å². The molecule has 4 N–H and O–H groups in total. The van der Waals surface area contributed by atoms with E-state index in [0.717, 1.165) is 39.2 Å². The predicted octanol–water partition coefficient (Wildman–Crippen LogP) is 5.14. The molecule has 0 saturated heterocycles. The number of H-pyrrole nitrogens is 2. The molecule has 8 nitrogen and oxygen atoms in total. The number of aryl methyl sites for hydroxylation is 1. The molecular formula is C26H20N6O2. The second-order valence-electron chi connectivity index (χ2n) is 8.06. The molecule has 3 aromatic carbocycles. The summed E-state index contributed by atoms with van der Waals surface area (Å²) in [6.45, 7) is 1.90. The van der Waals surface area contributed by atoms with Gasteiger partial charge in [-0.2, -0.15) is 5.10 Å². The molecule has 0 amide bonds. The number of carbonyl (C=O) groups excluding carboxylic acids is 1. The van der Waals surface area contributed by atoms with Crippen LogP contribution in [-0.2, 0) is 0 Å². The molecule has 166 valence electrons. The minimum absolute atomic E-state index is 0.232. The number of nitrogens with one attached hydrogen (secondary N) is 2. The van der Waals surface area contributed by atoms with Crippen LogP contribution in [0.15, 0.2) is 79.0 Å². The van der Waals surface area contributed by atoms with Gasteiger partial charge in [0.2, 0.25) is 5.78 Å². The van der Waals surface area contributed by atoms with Gasteiger partial charge < -0.3 is 20.4 Å². The number of para-hydroxylation sites is 1. The number of ether oxygens (including phenoxy) is 1. The number of nitrogens with two attached hydrogens (primary N) is 1. The molecule has 6 aromatic rings. The quantitative estimate of drug-likeness (QED) is 0.316. The molecule has 0 saturated carbocycles. The van der Waals surface area contributed by atoms with E-state index in [1.165, 1.54) is 6.20 Å². The zero-order valence-corrected chi connectivity index (χ0v) is 18.2. The van der Waals surface area contributed by atoms with Crippen LogP contribution in [0.3, 0.4) is 0 Å². The molecule has 0 aliphatic carbocycles. The van der Waals surface area contributed by atoms with Gasteiger partial charge in [0.1, 0.15) is 23.1 Å². The van der Waals surface area contributed by atoms with Gasteiger partial charge in [0.05, 0.1) is 34.2 Å². The van der Waals surface area contributed by atoms with E-state index in [9.17, 15) is 4.79 Å². The molecule has 34 heavy (non-hydrogen) atoms. The molecular weight excluding hydrogens is 428 g/mol. The molecule has 3 aromatic heterocycles. The maximum atomic E-state index is 13.3. The number of ketones is 1. The Morgan fingerprint density at radius 1 is 0.941 bits per heavy atom. The molecule has 0 spiro atoms. The first-order valence-corrected chi connectivity index (χ1v) is 10.8. The monoisotopic (exact) mass is 448 g/mol. The summed E-state index contributed by atoms with van der Waals surface area (Å²) in [5.41, 5.74) is 10.4. The van der Waals surface area contributed by atoms with Crippen molar-refractivity contribution in [2.75, 3.05) is 5.73 Å². The van der Waals surface area contributed by atoms with Crippen molar-refractivity contribution < 1.29 is 9.53 Å². The molecule has 0 aliphatic heterocycles. The van der Waals surface area contributed by atoms with Gasteiger partial charge in [-0.15, -0.1) is 0 Å². The second-order valence-corrected chi connectivity index (χ2v) is 8.06. The van der Waals surface area contributed by atoms with E-state index in [0.29, 0.717) is 17.0 Å². The van der Waals surface area contributed by atoms with Crippen LogP contribution in [0.4, 0.5) is 5.82 Å². The van der Waals surface area contributed by atoms with E-state index in [1.807, 2.05) is 73.7 Å². The number of fused-ring (bicyclic) bond motifs is 2. The smallest absolute Gasteiger partial charge is 0.214 e. The number of imidazole rings is 1. The van der Waals surface area contributed by atoms with Crippen LogP contribution in [0.5, 0.6) is 11.5 Å². The van der Waals surface area contributed by atoms with Crippen LogP contribution in [0.1, 0.15) is 21.9 Å². The van der Waals surface area contributed by atoms with E-state index in [4.69, 9.17) is 10.5 Å². The lowest BCUT2D eigenvalue weighted by Gasteiger charge is -2.05. The Kier molecular flexibility index (Phi) is 4.44. The molecule has 8 heteroatoms. The number of aromatic nitrogens is 5. The Hall–Kier alpha value is -4.85. The van der Waals surface area contributed by atoms with Crippen LogP contribution >= 0.6 is 0 Å². The maximum absolute atomic E-state index is 13.3. The Bertz CT molecular complexity index is 1680. The first-order chi connectivity index (χ1) is 16.5. The fourth-order valence-electron chi connectivity index (χ4n) is 4.06. The van der Waals surface area contributed by atoms with Gasteiger partial charge in [0.15, 0.2) is 0 Å². The summed E-state index contributed by atoms with van der Waals surface area (Å²) >= 11 is 0. The largest absolute Gasteiger partial charge is 0.457 e. The van der Waals surface area contributed by atoms with Crippen molar-refractivity contribution in [1.29, 1.82) is 0 Å². The standard InChI is InChI=1S/C26H20N6O2/c1-15-29-22-9-7-17(13-23(22)30-15)32-26(27)20(14-28-32)25(33)24-12-16-11-19(8-10-21(16)31-24)34-18-5-3-2-4-6-18/h2-14,31H,27H2,1H3,(H,29,30). The zero-order valence-electron chi connectivity index (χ0n) is 18.2. The van der Waals surface area contributed by atoms with Crippen molar-refractivity contribution in [2.45, 2.75) is 6.92 Å². The first kappa shape index (κ1) is 19.8. The van der Waals surface area contributed by atoms with E-state index in [2.05, 4.69) is 20.1 Å². The van der Waals surface area contributed by atoms with Gasteiger partial charge in [-0.25, -0.2) is 9.67 Å². The number of nitrogens with zero attached hydrogens (tertiary/aromatic N) is 3. The van der Waals surface area contributed by atoms with E-state index >= 15 is 0 Å². The first-order valence-electron chi connectivity index (χ1n) is 10.8. The van der Waals surface area contributed by atoms with Crippen molar-refractivity contribution in [3.05, 3.63) is 96.1 Å². The number of carbonyl (C=O) groups is 1.